The molecule has 0 spiro atoms. The Hall–Kier alpha value is -0.0300. The summed E-state index contributed by atoms with van der Waals surface area (Å²) in [6.45, 7) is 1.18. The summed E-state index contributed by atoms with van der Waals surface area (Å²) in [5, 5.41) is -1.20. The van der Waals surface area contributed by atoms with E-state index in [1.807, 2.05) is 0 Å². The molecule has 1 unspecified atom stereocenters. The van der Waals surface area contributed by atoms with Crippen LogP contribution in [0.4, 0.5) is 3.89 Å². The fourth-order valence-electron chi connectivity index (χ4n) is 1.01. The van der Waals surface area contributed by atoms with E-state index in [2.05, 4.69) is 0 Å². The van der Waals surface area contributed by atoms with Crippen molar-refractivity contribution in [1.29, 1.82) is 0 Å². The number of hydrogen-bond donors (Lipinski definition) is 0. The Balaban J connectivity index is 3.35. The smallest absolute Gasteiger partial charge is 0.194 e. The van der Waals surface area contributed by atoms with Crippen LogP contribution in [0.2, 0.25) is 15.1 Å². The summed E-state index contributed by atoms with van der Waals surface area (Å²) in [6, 6.07) is 2.70. The van der Waals surface area contributed by atoms with E-state index in [0.29, 0.717) is 0 Å². The molecule has 1 rings (SSSR count). The second kappa shape index (κ2) is 4.45. The average molecular weight is 292 g/mol. The van der Waals surface area contributed by atoms with Gasteiger partial charge in [-0.1, -0.05) is 40.9 Å². The van der Waals surface area contributed by atoms with Crippen molar-refractivity contribution in [1.82, 2.24) is 0 Å². The molecule has 0 fully saturated rings. The second-order valence-corrected chi connectivity index (χ2v) is 5.70. The molecule has 15 heavy (non-hydrogen) atoms. The summed E-state index contributed by atoms with van der Waals surface area (Å²) in [4.78, 5) is 0. The van der Waals surface area contributed by atoms with Crippen LogP contribution in [0.15, 0.2) is 12.1 Å². The molecule has 0 aliphatic carbocycles. The molecule has 0 saturated carbocycles. The van der Waals surface area contributed by atoms with Crippen LogP contribution in [-0.4, -0.2) is 8.42 Å². The van der Waals surface area contributed by atoms with E-state index in [-0.39, 0.29) is 20.6 Å². The van der Waals surface area contributed by atoms with Crippen molar-refractivity contribution < 1.29 is 12.3 Å². The number of halogens is 4. The van der Waals surface area contributed by atoms with Gasteiger partial charge in [-0.2, -0.15) is 8.42 Å². The molecule has 0 N–H and O–H groups in total. The fourth-order valence-corrected chi connectivity index (χ4v) is 2.28. The van der Waals surface area contributed by atoms with Crippen LogP contribution in [0.25, 0.3) is 0 Å². The van der Waals surface area contributed by atoms with Crippen LogP contribution >= 0.6 is 34.8 Å². The SMILES string of the molecule is CC(c1ccc(Cl)c(Cl)c1Cl)S(=O)(=O)F. The zero-order valence-electron chi connectivity index (χ0n) is 7.47. The first kappa shape index (κ1) is 13.0. The van der Waals surface area contributed by atoms with E-state index in [1.165, 1.54) is 19.1 Å². The lowest BCUT2D eigenvalue weighted by molar-refractivity contribution is 0.540. The van der Waals surface area contributed by atoms with Crippen molar-refractivity contribution in [2.24, 2.45) is 0 Å². The number of hydrogen-bond acceptors (Lipinski definition) is 2. The summed E-state index contributed by atoms with van der Waals surface area (Å²) in [5.41, 5.74) is 0.0913. The molecular formula is C8H6Cl3FO2S. The zero-order chi connectivity index (χ0) is 11.8. The van der Waals surface area contributed by atoms with E-state index >= 15 is 0 Å². The monoisotopic (exact) mass is 290 g/mol. The molecule has 7 heteroatoms. The highest BCUT2D eigenvalue weighted by atomic mass is 35.5. The molecule has 0 aliphatic rings. The lowest BCUT2D eigenvalue weighted by Crippen LogP contribution is -2.04. The Morgan fingerprint density at radius 1 is 1.20 bits per heavy atom. The molecular weight excluding hydrogens is 286 g/mol. The standard InChI is InChI=1S/C8H6Cl3FO2S/c1-4(15(12,13)14)5-2-3-6(9)8(11)7(5)10/h2-4H,1H3. The van der Waals surface area contributed by atoms with Crippen molar-refractivity contribution in [2.75, 3.05) is 0 Å². The average Bonchev–Trinajstić information content (AvgIpc) is 2.12. The largest absolute Gasteiger partial charge is 0.309 e. The first-order valence-corrected chi connectivity index (χ1v) is 6.40. The van der Waals surface area contributed by atoms with Crippen LogP contribution in [0, 0.1) is 0 Å². The Morgan fingerprint density at radius 2 is 1.73 bits per heavy atom. The maximum Gasteiger partial charge on any atom is 0.309 e. The molecule has 0 heterocycles. The second-order valence-electron chi connectivity index (χ2n) is 2.88. The van der Waals surface area contributed by atoms with Crippen LogP contribution in [0.5, 0.6) is 0 Å². The summed E-state index contributed by atoms with van der Waals surface area (Å²) < 4.78 is 34.1. The van der Waals surface area contributed by atoms with Gasteiger partial charge >= 0.3 is 10.2 Å². The minimum Gasteiger partial charge on any atom is -0.194 e. The highest BCUT2D eigenvalue weighted by molar-refractivity contribution is 7.86. The third kappa shape index (κ3) is 2.75. The highest BCUT2D eigenvalue weighted by Crippen LogP contribution is 2.37. The van der Waals surface area contributed by atoms with E-state index in [1.54, 1.807) is 0 Å². The summed E-state index contributed by atoms with van der Waals surface area (Å²) >= 11 is 17.1. The lowest BCUT2D eigenvalue weighted by atomic mass is 10.2. The normalized spacial score (nSPS) is 13.9. The molecule has 0 aromatic heterocycles. The van der Waals surface area contributed by atoms with Gasteiger partial charge in [0.1, 0.15) is 5.25 Å². The minimum atomic E-state index is -4.69. The summed E-state index contributed by atoms with van der Waals surface area (Å²) in [5.74, 6) is 0. The van der Waals surface area contributed by atoms with Crippen molar-refractivity contribution >= 4 is 45.0 Å². The van der Waals surface area contributed by atoms with Crippen LogP contribution in [0.3, 0.4) is 0 Å². The molecule has 0 aliphatic heterocycles. The third-order valence-electron chi connectivity index (χ3n) is 1.93. The quantitative estimate of drug-likeness (QED) is 0.609. The van der Waals surface area contributed by atoms with E-state index in [4.69, 9.17) is 34.8 Å². The maximum absolute atomic E-state index is 12.7. The van der Waals surface area contributed by atoms with Crippen LogP contribution < -0.4 is 0 Å². The zero-order valence-corrected chi connectivity index (χ0v) is 10.6. The maximum atomic E-state index is 12.7. The third-order valence-corrected chi connectivity index (χ3v) is 4.33. The number of rotatable bonds is 2. The van der Waals surface area contributed by atoms with Crippen LogP contribution in [0.1, 0.15) is 17.7 Å². The summed E-state index contributed by atoms with van der Waals surface area (Å²) in [6.07, 6.45) is 0. The van der Waals surface area contributed by atoms with Gasteiger partial charge in [-0.25, -0.2) is 0 Å². The predicted octanol–water partition coefficient (Wildman–Crippen LogP) is 4.01. The topological polar surface area (TPSA) is 34.1 Å². The molecule has 1 aromatic rings. The van der Waals surface area contributed by atoms with Crippen molar-refractivity contribution in [3.63, 3.8) is 0 Å². The van der Waals surface area contributed by atoms with E-state index in [0.717, 1.165) is 0 Å². The van der Waals surface area contributed by atoms with Gasteiger partial charge < -0.3 is 0 Å². The highest BCUT2D eigenvalue weighted by Gasteiger charge is 2.25. The van der Waals surface area contributed by atoms with Crippen molar-refractivity contribution in [2.45, 2.75) is 12.2 Å². The molecule has 0 saturated heterocycles. The fraction of sp³-hybridized carbons (Fsp3) is 0.250. The first-order chi connectivity index (χ1) is 6.75. The van der Waals surface area contributed by atoms with Gasteiger partial charge in [0, 0.05) is 0 Å². The minimum absolute atomic E-state index is 0.0198. The van der Waals surface area contributed by atoms with Gasteiger partial charge in [-0.3, -0.25) is 0 Å². The molecule has 2 nitrogen and oxygen atoms in total. The van der Waals surface area contributed by atoms with Gasteiger partial charge in [0.2, 0.25) is 0 Å². The van der Waals surface area contributed by atoms with Crippen molar-refractivity contribution in [3.8, 4) is 0 Å². The van der Waals surface area contributed by atoms with Gasteiger partial charge in [-0.15, -0.1) is 3.89 Å². The first-order valence-electron chi connectivity index (χ1n) is 3.82. The molecule has 0 amide bonds. The molecule has 0 bridgehead atoms. The van der Waals surface area contributed by atoms with Gasteiger partial charge in [0.15, 0.2) is 0 Å². The predicted molar refractivity (Wildman–Crippen MR) is 59.9 cm³/mol. The van der Waals surface area contributed by atoms with Crippen molar-refractivity contribution in [3.05, 3.63) is 32.8 Å². The van der Waals surface area contributed by atoms with Gasteiger partial charge in [0.05, 0.1) is 15.1 Å². The Bertz CT molecular complexity index is 487. The Labute approximate surface area is 102 Å². The molecule has 84 valence electrons. The molecule has 1 aromatic carbocycles. The number of benzene rings is 1. The Kier molecular flexibility index (Phi) is 3.87. The van der Waals surface area contributed by atoms with Crippen LogP contribution in [-0.2, 0) is 10.2 Å². The van der Waals surface area contributed by atoms with Gasteiger partial charge in [-0.05, 0) is 18.6 Å². The summed E-state index contributed by atoms with van der Waals surface area (Å²) in [7, 11) is -4.69. The molecule has 1 atom stereocenters. The Morgan fingerprint density at radius 3 is 2.20 bits per heavy atom. The van der Waals surface area contributed by atoms with E-state index in [9.17, 15) is 12.3 Å². The van der Waals surface area contributed by atoms with Gasteiger partial charge in [0.25, 0.3) is 0 Å². The molecule has 0 radical (unpaired) electrons. The van der Waals surface area contributed by atoms with E-state index < -0.39 is 15.5 Å². The lowest BCUT2D eigenvalue weighted by Gasteiger charge is -2.10.